The van der Waals surface area contributed by atoms with Crippen LogP contribution in [0.15, 0.2) is 12.7 Å². The molecular formula is C21H36N2O2. The third-order valence-electron chi connectivity index (χ3n) is 4.35. The lowest BCUT2D eigenvalue weighted by molar-refractivity contribution is -0.138. The fraction of sp³-hybridized carbons (Fsp3) is 0.714. The molecule has 25 heavy (non-hydrogen) atoms. The maximum absolute atomic E-state index is 12.3. The second-order valence-electron chi connectivity index (χ2n) is 6.27. The summed E-state index contributed by atoms with van der Waals surface area (Å²) in [6.45, 7) is 8.46. The zero-order valence-electron chi connectivity index (χ0n) is 16.1. The van der Waals surface area contributed by atoms with Gasteiger partial charge in [-0.05, 0) is 44.9 Å². The maximum atomic E-state index is 12.3. The fourth-order valence-electron chi connectivity index (χ4n) is 2.92. The molecule has 4 nitrogen and oxygen atoms in total. The molecule has 4 heteroatoms. The number of carbonyl (C=O) groups excluding carboxylic acids is 2. The number of hydrogen-bond donors (Lipinski definition) is 1. The van der Waals surface area contributed by atoms with Crippen LogP contribution in [0.2, 0.25) is 0 Å². The second kappa shape index (κ2) is 14.6. The minimum Gasteiger partial charge on any atom is -0.352 e. The van der Waals surface area contributed by atoms with Crippen LogP contribution in [0.5, 0.6) is 0 Å². The molecule has 0 aromatic carbocycles. The van der Waals surface area contributed by atoms with Gasteiger partial charge in [0, 0.05) is 19.0 Å². The van der Waals surface area contributed by atoms with E-state index >= 15 is 0 Å². The van der Waals surface area contributed by atoms with Crippen molar-refractivity contribution < 1.29 is 9.59 Å². The molecule has 1 saturated carbocycles. The molecule has 2 amide bonds. The quantitative estimate of drug-likeness (QED) is 0.388. The van der Waals surface area contributed by atoms with Crippen molar-refractivity contribution in [2.75, 3.05) is 6.54 Å². The predicted octanol–water partition coefficient (Wildman–Crippen LogP) is 4.06. The van der Waals surface area contributed by atoms with E-state index in [4.69, 9.17) is 0 Å². The number of nitrogens with zero attached hydrogens (tertiary/aromatic N) is 1. The Balaban J connectivity index is 0.00000134. The predicted molar refractivity (Wildman–Crippen MR) is 105 cm³/mol. The largest absolute Gasteiger partial charge is 0.352 e. The Morgan fingerprint density at radius 3 is 2.36 bits per heavy atom. The van der Waals surface area contributed by atoms with Crippen LogP contribution in [0.4, 0.5) is 0 Å². The average Bonchev–Trinajstić information content (AvgIpc) is 3.32. The molecule has 0 unspecified atom stereocenters. The monoisotopic (exact) mass is 348 g/mol. The Kier molecular flexibility index (Phi) is 13.5. The normalized spacial score (nSPS) is 18.2. The number of likely N-dealkylation sites (tertiary alicyclic amines) is 1. The van der Waals surface area contributed by atoms with E-state index in [1.807, 2.05) is 19.9 Å². The summed E-state index contributed by atoms with van der Waals surface area (Å²) in [5, 5.41) is 3.03. The van der Waals surface area contributed by atoms with Crippen LogP contribution >= 0.6 is 0 Å². The highest BCUT2D eigenvalue weighted by molar-refractivity contribution is 5.88. The first-order valence-corrected chi connectivity index (χ1v) is 9.76. The lowest BCUT2D eigenvalue weighted by Gasteiger charge is -2.24. The number of amides is 2. The van der Waals surface area contributed by atoms with E-state index in [2.05, 4.69) is 24.7 Å². The molecular weight excluding hydrogens is 312 g/mol. The van der Waals surface area contributed by atoms with Gasteiger partial charge in [-0.3, -0.25) is 9.59 Å². The Bertz CT molecular complexity index is 413. The van der Waals surface area contributed by atoms with Gasteiger partial charge in [0.05, 0.1) is 0 Å². The third kappa shape index (κ3) is 9.34. The molecule has 1 heterocycles. The van der Waals surface area contributed by atoms with E-state index in [1.165, 1.54) is 0 Å². The Morgan fingerprint density at radius 1 is 1.12 bits per heavy atom. The molecule has 1 aliphatic carbocycles. The molecule has 0 radical (unpaired) electrons. The van der Waals surface area contributed by atoms with Crippen molar-refractivity contribution in [3.05, 3.63) is 12.7 Å². The van der Waals surface area contributed by atoms with E-state index in [1.54, 1.807) is 4.90 Å². The van der Waals surface area contributed by atoms with E-state index in [-0.39, 0.29) is 17.9 Å². The van der Waals surface area contributed by atoms with Gasteiger partial charge in [0.15, 0.2) is 0 Å². The molecule has 0 aromatic heterocycles. The van der Waals surface area contributed by atoms with E-state index < -0.39 is 0 Å². The van der Waals surface area contributed by atoms with Crippen LogP contribution in [0.25, 0.3) is 0 Å². The number of allylic oxidation sites excluding steroid dienone is 1. The Morgan fingerprint density at radius 2 is 1.76 bits per heavy atom. The highest BCUT2D eigenvalue weighted by Crippen LogP contribution is 2.23. The second-order valence-corrected chi connectivity index (χ2v) is 6.27. The van der Waals surface area contributed by atoms with Crippen LogP contribution in [0.1, 0.15) is 78.1 Å². The average molecular weight is 349 g/mol. The lowest BCUT2D eigenvalue weighted by Crippen LogP contribution is -2.46. The van der Waals surface area contributed by atoms with Crippen LogP contribution in [0, 0.1) is 12.8 Å². The number of hydrogen-bond acceptors (Lipinski definition) is 2. The van der Waals surface area contributed by atoms with Crippen molar-refractivity contribution in [3.8, 4) is 12.8 Å². The van der Waals surface area contributed by atoms with Gasteiger partial charge in [-0.2, -0.15) is 0 Å². The molecule has 2 rings (SSSR count). The number of nitrogens with one attached hydrogen (secondary N) is 1. The summed E-state index contributed by atoms with van der Waals surface area (Å²) in [4.78, 5) is 26.2. The summed E-state index contributed by atoms with van der Waals surface area (Å²) < 4.78 is 0. The fourth-order valence-corrected chi connectivity index (χ4v) is 2.92. The number of rotatable bonds is 9. The highest BCUT2D eigenvalue weighted by Gasteiger charge is 2.35. The summed E-state index contributed by atoms with van der Waals surface area (Å²) >= 11 is 0. The van der Waals surface area contributed by atoms with Gasteiger partial charge < -0.3 is 10.2 Å². The van der Waals surface area contributed by atoms with Crippen LogP contribution in [-0.4, -0.2) is 35.3 Å². The smallest absolute Gasteiger partial charge is 0.243 e. The molecule has 1 saturated heterocycles. The van der Waals surface area contributed by atoms with Crippen molar-refractivity contribution >= 4 is 11.8 Å². The number of terminal acetylenes is 1. The van der Waals surface area contributed by atoms with Crippen molar-refractivity contribution in [2.45, 2.75) is 90.1 Å². The van der Waals surface area contributed by atoms with Crippen molar-refractivity contribution in [3.63, 3.8) is 0 Å². The molecule has 1 N–H and O–H groups in total. The standard InChI is InChI=1S/C17H28N2O2.C2H6.C2H2/c1-2-3-4-5-6-7-10-16(20)19-13-8-9-15(19)17(21)18-14-11-12-14;2*1-2/h2,14-15H,1,3-13H2,(H,18,21);1-2H3;1-2H/t15-;;/m0../s1. The van der Waals surface area contributed by atoms with Crippen molar-refractivity contribution in [1.29, 1.82) is 0 Å². The Labute approximate surface area is 154 Å². The van der Waals surface area contributed by atoms with Crippen molar-refractivity contribution in [2.24, 2.45) is 0 Å². The maximum Gasteiger partial charge on any atom is 0.243 e. The minimum atomic E-state index is -0.209. The Hall–Kier alpha value is -1.76. The molecule has 1 atom stereocenters. The van der Waals surface area contributed by atoms with Crippen molar-refractivity contribution in [1.82, 2.24) is 10.2 Å². The number of unbranched alkanes of at least 4 members (excludes halogenated alkanes) is 4. The van der Waals surface area contributed by atoms with Gasteiger partial charge in [-0.1, -0.05) is 32.8 Å². The molecule has 2 fully saturated rings. The summed E-state index contributed by atoms with van der Waals surface area (Å²) in [5.74, 6) is 0.224. The molecule has 1 aliphatic heterocycles. The van der Waals surface area contributed by atoms with Gasteiger partial charge in [-0.25, -0.2) is 0 Å². The van der Waals surface area contributed by atoms with Crippen LogP contribution < -0.4 is 5.32 Å². The van der Waals surface area contributed by atoms with Gasteiger partial charge in [-0.15, -0.1) is 19.4 Å². The molecule has 142 valence electrons. The zero-order chi connectivity index (χ0) is 19.1. The van der Waals surface area contributed by atoms with Gasteiger partial charge in [0.25, 0.3) is 0 Å². The first-order valence-electron chi connectivity index (χ1n) is 9.76. The van der Waals surface area contributed by atoms with E-state index in [0.29, 0.717) is 12.5 Å². The third-order valence-corrected chi connectivity index (χ3v) is 4.35. The summed E-state index contributed by atoms with van der Waals surface area (Å²) in [5.41, 5.74) is 0. The summed E-state index contributed by atoms with van der Waals surface area (Å²) in [6.07, 6.45) is 19.9. The number of carbonyl (C=O) groups is 2. The SMILES string of the molecule is C#C.C=CCCCCCCC(=O)N1CCC[C@H]1C(=O)NC1CC1.CC. The molecule has 2 aliphatic rings. The van der Waals surface area contributed by atoms with E-state index in [9.17, 15) is 9.59 Å². The summed E-state index contributed by atoms with van der Waals surface area (Å²) in [6, 6.07) is 0.166. The molecule has 0 aromatic rings. The summed E-state index contributed by atoms with van der Waals surface area (Å²) in [7, 11) is 0. The highest BCUT2D eigenvalue weighted by atomic mass is 16.2. The van der Waals surface area contributed by atoms with Gasteiger partial charge in [0.1, 0.15) is 6.04 Å². The molecule has 0 bridgehead atoms. The topological polar surface area (TPSA) is 49.4 Å². The van der Waals surface area contributed by atoms with Crippen LogP contribution in [0.3, 0.4) is 0 Å². The molecule has 0 spiro atoms. The van der Waals surface area contributed by atoms with Gasteiger partial charge >= 0.3 is 0 Å². The van der Waals surface area contributed by atoms with Gasteiger partial charge in [0.2, 0.25) is 11.8 Å². The minimum absolute atomic E-state index is 0.0642. The first kappa shape index (κ1) is 23.2. The lowest BCUT2D eigenvalue weighted by atomic mass is 10.1. The first-order chi connectivity index (χ1) is 12.2. The van der Waals surface area contributed by atoms with E-state index in [0.717, 1.165) is 64.3 Å². The zero-order valence-corrected chi connectivity index (χ0v) is 16.1. The van der Waals surface area contributed by atoms with Crippen LogP contribution in [-0.2, 0) is 9.59 Å².